The molecule has 4 nitrogen and oxygen atoms in total. The van der Waals surface area contributed by atoms with E-state index in [0.717, 1.165) is 30.2 Å². The third-order valence-electron chi connectivity index (χ3n) is 4.67. The van der Waals surface area contributed by atoms with Crippen LogP contribution in [-0.4, -0.2) is 30.2 Å². The molecule has 1 heterocycles. The Hall–Kier alpha value is -2.63. The van der Waals surface area contributed by atoms with Crippen LogP contribution in [-0.2, 0) is 11.2 Å². The lowest BCUT2D eigenvalue weighted by molar-refractivity contribution is -0.136. The second kappa shape index (κ2) is 8.17. The number of hydrogen-bond donors (Lipinski definition) is 2. The first kappa shape index (κ1) is 18.2. The van der Waals surface area contributed by atoms with Crippen molar-refractivity contribution in [1.82, 2.24) is 0 Å². The van der Waals surface area contributed by atoms with E-state index in [0.29, 0.717) is 25.2 Å². The van der Waals surface area contributed by atoms with E-state index in [9.17, 15) is 13.6 Å². The largest absolute Gasteiger partial charge is 0.481 e. The number of carboxylic acids is 1. The molecule has 1 fully saturated rings. The second-order valence-electron chi connectivity index (χ2n) is 6.60. The Labute approximate surface area is 151 Å². The number of halogens is 2. The Morgan fingerprint density at radius 2 is 1.92 bits per heavy atom. The predicted octanol–water partition coefficient (Wildman–Crippen LogP) is 4.06. The summed E-state index contributed by atoms with van der Waals surface area (Å²) in [4.78, 5) is 12.6. The van der Waals surface area contributed by atoms with Crippen LogP contribution in [0.1, 0.15) is 24.8 Å². The van der Waals surface area contributed by atoms with Crippen molar-refractivity contribution in [3.63, 3.8) is 0 Å². The molecule has 26 heavy (non-hydrogen) atoms. The molecule has 0 bridgehead atoms. The summed E-state index contributed by atoms with van der Waals surface area (Å²) < 4.78 is 27.0. The van der Waals surface area contributed by atoms with Crippen LogP contribution in [0.4, 0.5) is 20.2 Å². The van der Waals surface area contributed by atoms with Crippen molar-refractivity contribution >= 4 is 17.3 Å². The van der Waals surface area contributed by atoms with E-state index in [4.69, 9.17) is 5.11 Å². The summed E-state index contributed by atoms with van der Waals surface area (Å²) in [5, 5.41) is 12.3. The Bertz CT molecular complexity index is 774. The molecular weight excluding hydrogens is 338 g/mol. The standard InChI is InChI=1S/C20H22F2N2O2/c21-15-5-6-19(18(22)13-15)24-10-8-16(9-11-24)23-17-3-1-2-14(12-17)4-7-20(25)26/h1-3,5-6,12-13,16,23H,4,7-11H2,(H,25,26). The average Bonchev–Trinajstić information content (AvgIpc) is 2.61. The first-order valence-corrected chi connectivity index (χ1v) is 8.78. The van der Waals surface area contributed by atoms with Crippen LogP contribution < -0.4 is 10.2 Å². The lowest BCUT2D eigenvalue weighted by atomic mass is 10.0. The maximum atomic E-state index is 13.9. The number of benzene rings is 2. The van der Waals surface area contributed by atoms with Gasteiger partial charge in [-0.2, -0.15) is 0 Å². The Kier molecular flexibility index (Phi) is 5.71. The summed E-state index contributed by atoms with van der Waals surface area (Å²) >= 11 is 0. The van der Waals surface area contributed by atoms with Crippen LogP contribution in [0.5, 0.6) is 0 Å². The fourth-order valence-electron chi connectivity index (χ4n) is 3.31. The van der Waals surface area contributed by atoms with Gasteiger partial charge in [0, 0.05) is 37.3 Å². The normalized spacial score (nSPS) is 15.1. The maximum Gasteiger partial charge on any atom is 0.303 e. The van der Waals surface area contributed by atoms with Crippen LogP contribution in [0.15, 0.2) is 42.5 Å². The fraction of sp³-hybridized carbons (Fsp3) is 0.350. The number of carboxylic acid groups (broad SMARTS) is 1. The van der Waals surface area contributed by atoms with Gasteiger partial charge in [0.1, 0.15) is 11.6 Å². The first-order valence-electron chi connectivity index (χ1n) is 8.78. The number of piperidine rings is 1. The molecule has 0 radical (unpaired) electrons. The fourth-order valence-corrected chi connectivity index (χ4v) is 3.31. The number of nitrogens with zero attached hydrogens (tertiary/aromatic N) is 1. The first-order chi connectivity index (χ1) is 12.5. The molecule has 0 aromatic heterocycles. The highest BCUT2D eigenvalue weighted by molar-refractivity contribution is 5.67. The van der Waals surface area contributed by atoms with Crippen LogP contribution in [0, 0.1) is 11.6 Å². The zero-order valence-corrected chi connectivity index (χ0v) is 14.4. The van der Waals surface area contributed by atoms with E-state index in [1.165, 1.54) is 12.1 Å². The number of nitrogens with one attached hydrogen (secondary N) is 1. The van der Waals surface area contributed by atoms with Crippen molar-refractivity contribution < 1.29 is 18.7 Å². The molecule has 0 amide bonds. The highest BCUT2D eigenvalue weighted by atomic mass is 19.1. The Morgan fingerprint density at radius 3 is 2.62 bits per heavy atom. The third kappa shape index (κ3) is 4.71. The SMILES string of the molecule is O=C(O)CCc1cccc(NC2CCN(c3ccc(F)cc3F)CC2)c1. The molecule has 0 aliphatic carbocycles. The average molecular weight is 360 g/mol. The number of anilines is 2. The third-order valence-corrected chi connectivity index (χ3v) is 4.67. The zero-order chi connectivity index (χ0) is 18.5. The summed E-state index contributed by atoms with van der Waals surface area (Å²) in [6.07, 6.45) is 2.31. The van der Waals surface area contributed by atoms with Gasteiger partial charge >= 0.3 is 5.97 Å². The van der Waals surface area contributed by atoms with Crippen molar-refractivity contribution in [3.8, 4) is 0 Å². The van der Waals surface area contributed by atoms with E-state index in [-0.39, 0.29) is 12.5 Å². The van der Waals surface area contributed by atoms with Gasteiger partial charge in [-0.25, -0.2) is 8.78 Å². The number of hydrogen-bond acceptors (Lipinski definition) is 3. The van der Waals surface area contributed by atoms with Gasteiger partial charge in [0.25, 0.3) is 0 Å². The smallest absolute Gasteiger partial charge is 0.303 e. The molecule has 1 aliphatic heterocycles. The highest BCUT2D eigenvalue weighted by Crippen LogP contribution is 2.25. The van der Waals surface area contributed by atoms with Gasteiger partial charge in [-0.05, 0) is 49.1 Å². The van der Waals surface area contributed by atoms with Gasteiger partial charge in [0.05, 0.1) is 5.69 Å². The number of rotatable bonds is 6. The van der Waals surface area contributed by atoms with Crippen molar-refractivity contribution in [1.29, 1.82) is 0 Å². The van der Waals surface area contributed by atoms with E-state index in [1.54, 1.807) is 0 Å². The zero-order valence-electron chi connectivity index (χ0n) is 14.4. The molecule has 1 saturated heterocycles. The van der Waals surface area contributed by atoms with Crippen LogP contribution >= 0.6 is 0 Å². The van der Waals surface area contributed by atoms with E-state index in [2.05, 4.69) is 5.32 Å². The van der Waals surface area contributed by atoms with Crippen LogP contribution in [0.25, 0.3) is 0 Å². The van der Waals surface area contributed by atoms with Crippen molar-refractivity contribution in [2.45, 2.75) is 31.7 Å². The van der Waals surface area contributed by atoms with E-state index < -0.39 is 17.6 Å². The summed E-state index contributed by atoms with van der Waals surface area (Å²) in [7, 11) is 0. The van der Waals surface area contributed by atoms with Gasteiger partial charge < -0.3 is 15.3 Å². The molecule has 0 unspecified atom stereocenters. The monoisotopic (exact) mass is 360 g/mol. The number of aryl methyl sites for hydroxylation is 1. The molecular formula is C20H22F2N2O2. The van der Waals surface area contributed by atoms with E-state index in [1.807, 2.05) is 29.2 Å². The molecule has 138 valence electrons. The summed E-state index contributed by atoms with van der Waals surface area (Å²) in [5.41, 5.74) is 2.41. The lowest BCUT2D eigenvalue weighted by Gasteiger charge is -2.34. The highest BCUT2D eigenvalue weighted by Gasteiger charge is 2.21. The summed E-state index contributed by atoms with van der Waals surface area (Å²) in [5.74, 6) is -1.89. The van der Waals surface area contributed by atoms with Crippen molar-refractivity contribution in [2.75, 3.05) is 23.3 Å². The van der Waals surface area contributed by atoms with Crippen molar-refractivity contribution in [2.24, 2.45) is 0 Å². The van der Waals surface area contributed by atoms with E-state index >= 15 is 0 Å². The molecule has 1 aliphatic rings. The van der Waals surface area contributed by atoms with Gasteiger partial charge in [-0.3, -0.25) is 4.79 Å². The maximum absolute atomic E-state index is 13.9. The second-order valence-corrected chi connectivity index (χ2v) is 6.60. The van der Waals surface area contributed by atoms with Gasteiger partial charge in [0.15, 0.2) is 0 Å². The van der Waals surface area contributed by atoms with Crippen LogP contribution in [0.3, 0.4) is 0 Å². The summed E-state index contributed by atoms with van der Waals surface area (Å²) in [6, 6.07) is 11.8. The molecule has 0 spiro atoms. The molecule has 2 aromatic carbocycles. The molecule has 2 aromatic rings. The Balaban J connectivity index is 1.55. The van der Waals surface area contributed by atoms with Crippen LogP contribution in [0.2, 0.25) is 0 Å². The predicted molar refractivity (Wildman–Crippen MR) is 97.6 cm³/mol. The van der Waals surface area contributed by atoms with Gasteiger partial charge in [-0.15, -0.1) is 0 Å². The van der Waals surface area contributed by atoms with Crippen molar-refractivity contribution in [3.05, 3.63) is 59.7 Å². The quantitative estimate of drug-likeness (QED) is 0.816. The minimum absolute atomic E-state index is 0.116. The lowest BCUT2D eigenvalue weighted by Crippen LogP contribution is -2.39. The van der Waals surface area contributed by atoms with Gasteiger partial charge in [0.2, 0.25) is 0 Å². The molecule has 3 rings (SSSR count). The molecule has 6 heteroatoms. The topological polar surface area (TPSA) is 52.6 Å². The molecule has 0 saturated carbocycles. The minimum Gasteiger partial charge on any atom is -0.481 e. The number of aliphatic carboxylic acids is 1. The Morgan fingerprint density at radius 1 is 1.15 bits per heavy atom. The number of carbonyl (C=O) groups is 1. The van der Waals surface area contributed by atoms with Gasteiger partial charge in [-0.1, -0.05) is 12.1 Å². The minimum atomic E-state index is -0.802. The summed E-state index contributed by atoms with van der Waals surface area (Å²) in [6.45, 7) is 1.39. The molecule has 2 N–H and O–H groups in total. The molecule has 0 atom stereocenters.